The van der Waals surface area contributed by atoms with Crippen LogP contribution in [0.4, 0.5) is 5.69 Å². The zero-order chi connectivity index (χ0) is 19.0. The first-order valence-electron chi connectivity index (χ1n) is 8.18. The smallest absolute Gasteiger partial charge is 0.256 e. The Balaban J connectivity index is 1.80. The molecule has 134 valence electrons. The van der Waals surface area contributed by atoms with E-state index in [9.17, 15) is 9.59 Å². The lowest BCUT2D eigenvalue weighted by Gasteiger charge is -2.09. The summed E-state index contributed by atoms with van der Waals surface area (Å²) in [5.41, 5.74) is 1.66. The van der Waals surface area contributed by atoms with E-state index in [1.807, 2.05) is 6.07 Å². The molecule has 1 amide bonds. The number of carbonyl (C=O) groups is 1. The van der Waals surface area contributed by atoms with Crippen LogP contribution in [0.25, 0.3) is 21.9 Å². The van der Waals surface area contributed by atoms with Crippen molar-refractivity contribution in [2.24, 2.45) is 0 Å². The Morgan fingerprint density at radius 1 is 1.04 bits per heavy atom. The van der Waals surface area contributed by atoms with Crippen LogP contribution >= 0.6 is 15.9 Å². The lowest BCUT2D eigenvalue weighted by atomic mass is 10.1. The lowest BCUT2D eigenvalue weighted by molar-refractivity contribution is 0.102. The molecule has 5 nitrogen and oxygen atoms in total. The molecule has 1 aromatic heterocycles. The second-order valence-corrected chi connectivity index (χ2v) is 6.77. The Morgan fingerprint density at radius 3 is 2.63 bits per heavy atom. The standard InChI is InChI=1S/C21H14BrNO4/c1-26-17-8-4-6-15-19(24)14-10-9-12(11-18(14)27-20(15)17)23-21(25)13-5-2-3-7-16(13)22/h2-11H,1H3,(H,23,25). The average Bonchev–Trinajstić information content (AvgIpc) is 2.68. The number of halogens is 1. The van der Waals surface area contributed by atoms with Gasteiger partial charge < -0.3 is 14.5 Å². The first-order valence-corrected chi connectivity index (χ1v) is 8.97. The molecule has 0 bridgehead atoms. The summed E-state index contributed by atoms with van der Waals surface area (Å²) in [7, 11) is 1.52. The number of ether oxygens (including phenoxy) is 1. The minimum Gasteiger partial charge on any atom is -0.493 e. The molecule has 0 aliphatic carbocycles. The van der Waals surface area contributed by atoms with Crippen LogP contribution in [0.3, 0.4) is 0 Å². The van der Waals surface area contributed by atoms with Crippen molar-refractivity contribution in [3.8, 4) is 5.75 Å². The molecule has 0 saturated carbocycles. The fourth-order valence-corrected chi connectivity index (χ4v) is 3.40. The van der Waals surface area contributed by atoms with Crippen LogP contribution in [0.2, 0.25) is 0 Å². The average molecular weight is 424 g/mol. The normalized spacial score (nSPS) is 10.9. The molecule has 0 saturated heterocycles. The van der Waals surface area contributed by atoms with Crippen molar-refractivity contribution < 1.29 is 13.9 Å². The van der Waals surface area contributed by atoms with Crippen molar-refractivity contribution in [2.75, 3.05) is 12.4 Å². The van der Waals surface area contributed by atoms with E-state index in [1.165, 1.54) is 7.11 Å². The maximum atomic E-state index is 12.7. The number of carbonyl (C=O) groups excluding carboxylic acids is 1. The zero-order valence-corrected chi connectivity index (χ0v) is 15.9. The third kappa shape index (κ3) is 3.08. The Hall–Kier alpha value is -3.12. The highest BCUT2D eigenvalue weighted by Gasteiger charge is 2.14. The molecule has 0 aliphatic rings. The van der Waals surface area contributed by atoms with Gasteiger partial charge in [-0.05, 0) is 52.3 Å². The molecule has 0 atom stereocenters. The third-order valence-corrected chi connectivity index (χ3v) is 4.95. The number of para-hydroxylation sites is 1. The number of anilines is 1. The van der Waals surface area contributed by atoms with E-state index in [4.69, 9.17) is 9.15 Å². The predicted molar refractivity (Wildman–Crippen MR) is 109 cm³/mol. The lowest BCUT2D eigenvalue weighted by Crippen LogP contribution is -2.12. The second-order valence-electron chi connectivity index (χ2n) is 5.91. The van der Waals surface area contributed by atoms with Crippen LogP contribution in [-0.2, 0) is 0 Å². The fraction of sp³-hybridized carbons (Fsp3) is 0.0476. The molecule has 0 radical (unpaired) electrons. The highest BCUT2D eigenvalue weighted by molar-refractivity contribution is 9.10. The molecular weight excluding hydrogens is 410 g/mol. The van der Waals surface area contributed by atoms with Gasteiger partial charge in [-0.25, -0.2) is 0 Å². The van der Waals surface area contributed by atoms with Crippen molar-refractivity contribution in [2.45, 2.75) is 0 Å². The summed E-state index contributed by atoms with van der Waals surface area (Å²) in [6.45, 7) is 0. The molecule has 4 rings (SSSR count). The number of rotatable bonds is 3. The van der Waals surface area contributed by atoms with E-state index in [0.29, 0.717) is 43.4 Å². The second kappa shape index (κ2) is 6.89. The quantitative estimate of drug-likeness (QED) is 0.472. The van der Waals surface area contributed by atoms with Gasteiger partial charge in [0, 0.05) is 16.2 Å². The minimum atomic E-state index is -0.262. The first-order chi connectivity index (χ1) is 13.1. The van der Waals surface area contributed by atoms with Crippen molar-refractivity contribution >= 4 is 49.5 Å². The number of methoxy groups -OCH3 is 1. The molecule has 0 unspecified atom stereocenters. The molecule has 3 aromatic carbocycles. The van der Waals surface area contributed by atoms with Gasteiger partial charge in [0.25, 0.3) is 5.91 Å². The summed E-state index contributed by atoms with van der Waals surface area (Å²) in [4.78, 5) is 25.2. The largest absolute Gasteiger partial charge is 0.493 e. The molecule has 6 heteroatoms. The molecule has 0 spiro atoms. The first kappa shape index (κ1) is 17.3. The molecule has 4 aromatic rings. The van der Waals surface area contributed by atoms with Gasteiger partial charge in [0.2, 0.25) is 5.43 Å². The van der Waals surface area contributed by atoms with Gasteiger partial charge >= 0.3 is 0 Å². The molecule has 1 heterocycles. The Bertz CT molecular complexity index is 1250. The topological polar surface area (TPSA) is 68.5 Å². The number of hydrogen-bond donors (Lipinski definition) is 1. The number of benzene rings is 3. The highest BCUT2D eigenvalue weighted by atomic mass is 79.9. The van der Waals surface area contributed by atoms with Gasteiger partial charge in [-0.15, -0.1) is 0 Å². The SMILES string of the molecule is COc1cccc2c(=O)c3ccc(NC(=O)c4ccccc4Br)cc3oc12. The minimum absolute atomic E-state index is 0.145. The Labute approximate surface area is 162 Å². The van der Waals surface area contributed by atoms with Crippen molar-refractivity contribution in [3.05, 3.63) is 80.9 Å². The van der Waals surface area contributed by atoms with E-state index < -0.39 is 0 Å². The summed E-state index contributed by atoms with van der Waals surface area (Å²) < 4.78 is 11.9. The van der Waals surface area contributed by atoms with Gasteiger partial charge in [0.15, 0.2) is 11.3 Å². The molecule has 0 fully saturated rings. The van der Waals surface area contributed by atoms with Crippen molar-refractivity contribution in [1.82, 2.24) is 0 Å². The number of fused-ring (bicyclic) bond motifs is 2. The summed E-state index contributed by atoms with van der Waals surface area (Å²) in [5, 5.41) is 3.72. The Morgan fingerprint density at radius 2 is 1.85 bits per heavy atom. The number of amides is 1. The third-order valence-electron chi connectivity index (χ3n) is 4.26. The highest BCUT2D eigenvalue weighted by Crippen LogP contribution is 2.28. The molecule has 0 aliphatic heterocycles. The molecule has 1 N–H and O–H groups in total. The van der Waals surface area contributed by atoms with Crippen LogP contribution in [-0.4, -0.2) is 13.0 Å². The molecule has 27 heavy (non-hydrogen) atoms. The summed E-state index contributed by atoms with van der Waals surface area (Å²) >= 11 is 3.37. The van der Waals surface area contributed by atoms with E-state index in [0.717, 1.165) is 0 Å². The summed E-state index contributed by atoms with van der Waals surface area (Å²) in [5.74, 6) is 0.219. The number of nitrogens with one attached hydrogen (secondary N) is 1. The van der Waals surface area contributed by atoms with Crippen LogP contribution in [0.15, 0.2) is 74.3 Å². The number of hydrogen-bond acceptors (Lipinski definition) is 4. The fourth-order valence-electron chi connectivity index (χ4n) is 2.93. The van der Waals surface area contributed by atoms with Crippen LogP contribution in [0.1, 0.15) is 10.4 Å². The maximum absolute atomic E-state index is 12.7. The van der Waals surface area contributed by atoms with Crippen LogP contribution < -0.4 is 15.5 Å². The van der Waals surface area contributed by atoms with Gasteiger partial charge in [0.1, 0.15) is 5.58 Å². The van der Waals surface area contributed by atoms with Crippen molar-refractivity contribution in [1.29, 1.82) is 0 Å². The Kier molecular flexibility index (Phi) is 4.41. The summed E-state index contributed by atoms with van der Waals surface area (Å²) in [6.07, 6.45) is 0. The molecular formula is C21H14BrNO4. The zero-order valence-electron chi connectivity index (χ0n) is 14.3. The maximum Gasteiger partial charge on any atom is 0.256 e. The van der Waals surface area contributed by atoms with Crippen LogP contribution in [0.5, 0.6) is 5.75 Å². The van der Waals surface area contributed by atoms with E-state index in [-0.39, 0.29) is 11.3 Å². The van der Waals surface area contributed by atoms with Gasteiger partial charge in [-0.1, -0.05) is 18.2 Å². The van der Waals surface area contributed by atoms with E-state index in [1.54, 1.807) is 54.6 Å². The van der Waals surface area contributed by atoms with E-state index >= 15 is 0 Å². The monoisotopic (exact) mass is 423 g/mol. The van der Waals surface area contributed by atoms with Crippen LogP contribution in [0, 0.1) is 0 Å². The van der Waals surface area contributed by atoms with Gasteiger partial charge in [-0.2, -0.15) is 0 Å². The van der Waals surface area contributed by atoms with E-state index in [2.05, 4.69) is 21.2 Å². The van der Waals surface area contributed by atoms with Crippen molar-refractivity contribution in [3.63, 3.8) is 0 Å². The predicted octanol–water partition coefficient (Wildman–Crippen LogP) is 4.97. The summed E-state index contributed by atoms with van der Waals surface area (Å²) in [6, 6.07) is 17.3. The van der Waals surface area contributed by atoms with Gasteiger partial charge in [-0.3, -0.25) is 9.59 Å². The van der Waals surface area contributed by atoms with Gasteiger partial charge in [0.05, 0.1) is 23.4 Å².